The standard InChI is InChI=1S/C24H18Cl2O5/c1-28-20-5-3-4-15(24(20)29-2)11-22-23(27)17-8-7-16(12-21(17)31-22)30-13-14-6-9-18(25)19(26)10-14/h3-12H,13H2,1-2H3. The van der Waals surface area contributed by atoms with Crippen LogP contribution in [0, 0.1) is 0 Å². The Kier molecular flexibility index (Phi) is 6.07. The molecule has 0 spiro atoms. The SMILES string of the molecule is COc1cccc(C=C2Oc3cc(OCc4ccc(Cl)c(Cl)c4)ccc3C2=O)c1OC. The summed E-state index contributed by atoms with van der Waals surface area (Å²) in [5.41, 5.74) is 2.02. The van der Waals surface area contributed by atoms with Crippen molar-refractivity contribution in [2.24, 2.45) is 0 Å². The number of methoxy groups -OCH3 is 2. The largest absolute Gasteiger partial charge is 0.493 e. The third kappa shape index (κ3) is 4.33. The Hall–Kier alpha value is -3.15. The molecule has 1 aliphatic heterocycles. The van der Waals surface area contributed by atoms with Crippen LogP contribution in [0.15, 0.2) is 60.4 Å². The van der Waals surface area contributed by atoms with Gasteiger partial charge in [-0.05, 0) is 42.0 Å². The summed E-state index contributed by atoms with van der Waals surface area (Å²) >= 11 is 12.0. The molecule has 1 aliphatic rings. The molecular formula is C24H18Cl2O5. The Bertz CT molecular complexity index is 1190. The molecule has 0 saturated carbocycles. The number of halogens is 2. The zero-order valence-electron chi connectivity index (χ0n) is 16.8. The van der Waals surface area contributed by atoms with Gasteiger partial charge in [-0.3, -0.25) is 4.79 Å². The van der Waals surface area contributed by atoms with Gasteiger partial charge < -0.3 is 18.9 Å². The van der Waals surface area contributed by atoms with E-state index < -0.39 is 0 Å². The Morgan fingerprint density at radius 3 is 2.55 bits per heavy atom. The van der Waals surface area contributed by atoms with Gasteiger partial charge in [-0.25, -0.2) is 0 Å². The number of hydrogen-bond acceptors (Lipinski definition) is 5. The van der Waals surface area contributed by atoms with Gasteiger partial charge in [0.15, 0.2) is 17.3 Å². The second-order valence-electron chi connectivity index (χ2n) is 6.72. The lowest BCUT2D eigenvalue weighted by Crippen LogP contribution is -1.99. The fraction of sp³-hybridized carbons (Fsp3) is 0.125. The lowest BCUT2D eigenvalue weighted by molar-refractivity contribution is 0.101. The fourth-order valence-electron chi connectivity index (χ4n) is 3.22. The molecule has 0 amide bonds. The van der Waals surface area contributed by atoms with Crippen LogP contribution >= 0.6 is 23.2 Å². The number of rotatable bonds is 6. The average Bonchev–Trinajstić information content (AvgIpc) is 3.09. The maximum atomic E-state index is 12.8. The van der Waals surface area contributed by atoms with Gasteiger partial charge in [-0.15, -0.1) is 0 Å². The molecule has 4 rings (SSSR count). The van der Waals surface area contributed by atoms with Gasteiger partial charge in [0.1, 0.15) is 18.1 Å². The molecule has 7 heteroatoms. The van der Waals surface area contributed by atoms with Crippen molar-refractivity contribution >= 4 is 35.1 Å². The van der Waals surface area contributed by atoms with Crippen molar-refractivity contribution in [2.45, 2.75) is 6.61 Å². The highest BCUT2D eigenvalue weighted by atomic mass is 35.5. The van der Waals surface area contributed by atoms with Gasteiger partial charge in [0.25, 0.3) is 0 Å². The highest BCUT2D eigenvalue weighted by Crippen LogP contribution is 2.37. The predicted molar refractivity (Wildman–Crippen MR) is 120 cm³/mol. The first-order valence-corrected chi connectivity index (χ1v) is 10.1. The van der Waals surface area contributed by atoms with Crippen molar-refractivity contribution in [3.05, 3.63) is 87.1 Å². The predicted octanol–water partition coefficient (Wildman–Crippen LogP) is 6.21. The van der Waals surface area contributed by atoms with Gasteiger partial charge in [-0.2, -0.15) is 0 Å². The van der Waals surface area contributed by atoms with Crippen LogP contribution in [0.1, 0.15) is 21.5 Å². The first-order chi connectivity index (χ1) is 15.0. The molecule has 0 atom stereocenters. The van der Waals surface area contributed by atoms with Crippen LogP contribution in [0.4, 0.5) is 0 Å². The lowest BCUT2D eigenvalue weighted by atomic mass is 10.1. The van der Waals surface area contributed by atoms with Crippen LogP contribution in [-0.4, -0.2) is 20.0 Å². The zero-order valence-corrected chi connectivity index (χ0v) is 18.3. The topological polar surface area (TPSA) is 54.0 Å². The molecule has 0 aromatic heterocycles. The summed E-state index contributed by atoms with van der Waals surface area (Å²) in [6.45, 7) is 0.299. The van der Waals surface area contributed by atoms with E-state index in [0.29, 0.717) is 50.8 Å². The minimum Gasteiger partial charge on any atom is -0.493 e. The molecule has 158 valence electrons. The summed E-state index contributed by atoms with van der Waals surface area (Å²) in [6.07, 6.45) is 1.64. The Morgan fingerprint density at radius 2 is 1.81 bits per heavy atom. The van der Waals surface area contributed by atoms with E-state index in [0.717, 1.165) is 5.56 Å². The molecule has 0 unspecified atom stereocenters. The number of carbonyl (C=O) groups excluding carboxylic acids is 1. The highest BCUT2D eigenvalue weighted by Gasteiger charge is 2.28. The summed E-state index contributed by atoms with van der Waals surface area (Å²) in [6, 6.07) is 15.8. The van der Waals surface area contributed by atoms with Crippen molar-refractivity contribution in [3.8, 4) is 23.0 Å². The smallest absolute Gasteiger partial charge is 0.231 e. The first kappa shape index (κ1) is 21.1. The van der Waals surface area contributed by atoms with Gasteiger partial charge in [0.2, 0.25) is 5.78 Å². The van der Waals surface area contributed by atoms with Crippen LogP contribution in [0.3, 0.4) is 0 Å². The minimum atomic E-state index is -0.212. The van der Waals surface area contributed by atoms with E-state index in [1.54, 1.807) is 56.7 Å². The summed E-state index contributed by atoms with van der Waals surface area (Å²) in [4.78, 5) is 12.8. The quantitative estimate of drug-likeness (QED) is 0.412. The molecule has 0 radical (unpaired) electrons. The molecule has 0 aliphatic carbocycles. The van der Waals surface area contributed by atoms with Crippen LogP contribution < -0.4 is 18.9 Å². The summed E-state index contributed by atoms with van der Waals surface area (Å²) in [5.74, 6) is 2.08. The number of fused-ring (bicyclic) bond motifs is 1. The Labute approximate surface area is 189 Å². The summed E-state index contributed by atoms with van der Waals surface area (Å²) < 4.78 is 22.4. The number of allylic oxidation sites excluding steroid dienone is 1. The van der Waals surface area contributed by atoms with Gasteiger partial charge in [0, 0.05) is 11.6 Å². The maximum Gasteiger partial charge on any atom is 0.231 e. The van der Waals surface area contributed by atoms with Crippen molar-refractivity contribution in [3.63, 3.8) is 0 Å². The number of ketones is 1. The van der Waals surface area contributed by atoms with E-state index in [2.05, 4.69) is 0 Å². The zero-order chi connectivity index (χ0) is 22.0. The second-order valence-corrected chi connectivity index (χ2v) is 7.53. The molecule has 0 bridgehead atoms. The van der Waals surface area contributed by atoms with Crippen molar-refractivity contribution in [2.75, 3.05) is 14.2 Å². The van der Waals surface area contributed by atoms with Crippen molar-refractivity contribution < 1.29 is 23.7 Å². The number of ether oxygens (including phenoxy) is 4. The number of hydrogen-bond donors (Lipinski definition) is 0. The van der Waals surface area contributed by atoms with Crippen LogP contribution in [0.25, 0.3) is 6.08 Å². The molecule has 0 N–H and O–H groups in total. The number of benzene rings is 3. The Balaban J connectivity index is 1.54. The maximum absolute atomic E-state index is 12.8. The molecule has 3 aromatic carbocycles. The average molecular weight is 457 g/mol. The molecule has 3 aromatic rings. The van der Waals surface area contributed by atoms with E-state index in [1.165, 1.54) is 0 Å². The minimum absolute atomic E-state index is 0.197. The van der Waals surface area contributed by atoms with Crippen molar-refractivity contribution in [1.29, 1.82) is 0 Å². The van der Waals surface area contributed by atoms with E-state index in [1.807, 2.05) is 18.2 Å². The molecule has 31 heavy (non-hydrogen) atoms. The van der Waals surface area contributed by atoms with Gasteiger partial charge in [0.05, 0.1) is 29.8 Å². The number of carbonyl (C=O) groups is 1. The first-order valence-electron chi connectivity index (χ1n) is 9.36. The molecule has 5 nitrogen and oxygen atoms in total. The molecule has 0 fully saturated rings. The van der Waals surface area contributed by atoms with Crippen LogP contribution in [0.2, 0.25) is 10.0 Å². The van der Waals surface area contributed by atoms with Gasteiger partial charge >= 0.3 is 0 Å². The van der Waals surface area contributed by atoms with E-state index in [9.17, 15) is 4.79 Å². The third-order valence-corrected chi connectivity index (χ3v) is 5.49. The van der Waals surface area contributed by atoms with E-state index in [4.69, 9.17) is 42.1 Å². The molecular weight excluding hydrogens is 439 g/mol. The van der Waals surface area contributed by atoms with Gasteiger partial charge in [-0.1, -0.05) is 41.4 Å². The van der Waals surface area contributed by atoms with Crippen LogP contribution in [0.5, 0.6) is 23.0 Å². The number of Topliss-reactive ketones (excluding diaryl/α,β-unsaturated/α-hetero) is 1. The Morgan fingerprint density at radius 1 is 0.968 bits per heavy atom. The summed E-state index contributed by atoms with van der Waals surface area (Å²) in [5, 5.41) is 0.954. The van der Waals surface area contributed by atoms with Crippen molar-refractivity contribution in [1.82, 2.24) is 0 Å². The lowest BCUT2D eigenvalue weighted by Gasteiger charge is -2.10. The normalized spacial score (nSPS) is 13.7. The molecule has 1 heterocycles. The van der Waals surface area contributed by atoms with E-state index in [-0.39, 0.29) is 11.5 Å². The number of para-hydroxylation sites is 1. The molecule has 0 saturated heterocycles. The third-order valence-electron chi connectivity index (χ3n) is 4.75. The fourth-order valence-corrected chi connectivity index (χ4v) is 3.54. The highest BCUT2D eigenvalue weighted by molar-refractivity contribution is 6.42. The van der Waals surface area contributed by atoms with Crippen LogP contribution in [-0.2, 0) is 6.61 Å². The van der Waals surface area contributed by atoms with E-state index >= 15 is 0 Å². The monoisotopic (exact) mass is 456 g/mol. The summed E-state index contributed by atoms with van der Waals surface area (Å²) in [7, 11) is 3.10. The second kappa shape index (κ2) is 8.92.